The molecule has 1 aliphatic rings. The number of aromatic nitrogens is 2. The Labute approximate surface area is 106 Å². The summed E-state index contributed by atoms with van der Waals surface area (Å²) in [5.74, 6) is 0.618. The zero-order valence-corrected chi connectivity index (χ0v) is 10.3. The molecule has 94 valence electrons. The van der Waals surface area contributed by atoms with Crippen LogP contribution in [0.4, 0.5) is 5.82 Å². The van der Waals surface area contributed by atoms with Gasteiger partial charge in [0, 0.05) is 32.0 Å². The zero-order chi connectivity index (χ0) is 13.0. The van der Waals surface area contributed by atoms with Crippen LogP contribution in [0, 0.1) is 17.2 Å². The summed E-state index contributed by atoms with van der Waals surface area (Å²) in [7, 11) is 0. The number of hydrogen-bond donors (Lipinski definition) is 1. The van der Waals surface area contributed by atoms with Gasteiger partial charge in [0.2, 0.25) is 5.91 Å². The first-order valence-electron chi connectivity index (χ1n) is 6.00. The number of carbonyl (C=O) groups excluding carboxylic acids is 1. The van der Waals surface area contributed by atoms with Gasteiger partial charge in [-0.25, -0.2) is 9.97 Å². The fraction of sp³-hybridized carbons (Fsp3) is 0.500. The normalized spacial score (nSPS) is 18.4. The highest BCUT2D eigenvalue weighted by molar-refractivity contribution is 5.80. The Kier molecular flexibility index (Phi) is 3.72. The Morgan fingerprint density at radius 2 is 2.39 bits per heavy atom. The van der Waals surface area contributed by atoms with Gasteiger partial charge in [0.05, 0.1) is 5.92 Å². The van der Waals surface area contributed by atoms with Crippen LogP contribution in [0.1, 0.15) is 19.0 Å². The number of nitrogens with one attached hydrogen (secondary N) is 1. The average Bonchev–Trinajstić information content (AvgIpc) is 2.88. The van der Waals surface area contributed by atoms with E-state index >= 15 is 0 Å². The van der Waals surface area contributed by atoms with Crippen molar-refractivity contribution in [2.75, 3.05) is 24.5 Å². The zero-order valence-electron chi connectivity index (χ0n) is 10.3. The SMILES string of the molecule is CCNC(=O)[C@H]1CCN(c2nccnc2C#N)C1. The van der Waals surface area contributed by atoms with Gasteiger partial charge in [-0.1, -0.05) is 0 Å². The van der Waals surface area contributed by atoms with E-state index in [-0.39, 0.29) is 11.8 Å². The summed E-state index contributed by atoms with van der Waals surface area (Å²) in [6.07, 6.45) is 3.85. The van der Waals surface area contributed by atoms with Gasteiger partial charge in [0.25, 0.3) is 0 Å². The Morgan fingerprint density at radius 3 is 3.11 bits per heavy atom. The smallest absolute Gasteiger partial charge is 0.224 e. The van der Waals surface area contributed by atoms with Crippen molar-refractivity contribution in [3.63, 3.8) is 0 Å². The van der Waals surface area contributed by atoms with Crippen molar-refractivity contribution in [3.8, 4) is 6.07 Å². The molecule has 1 N–H and O–H groups in total. The minimum Gasteiger partial charge on any atom is -0.356 e. The van der Waals surface area contributed by atoms with Crippen LogP contribution in [-0.4, -0.2) is 35.5 Å². The molecule has 0 radical (unpaired) electrons. The van der Waals surface area contributed by atoms with Crippen LogP contribution in [-0.2, 0) is 4.79 Å². The number of rotatable bonds is 3. The Bertz CT molecular complexity index is 482. The molecule has 0 spiro atoms. The van der Waals surface area contributed by atoms with Gasteiger partial charge in [-0.05, 0) is 13.3 Å². The maximum absolute atomic E-state index is 11.7. The maximum atomic E-state index is 11.7. The van der Waals surface area contributed by atoms with Crippen LogP contribution in [0.2, 0.25) is 0 Å². The van der Waals surface area contributed by atoms with E-state index in [1.165, 1.54) is 6.20 Å². The van der Waals surface area contributed by atoms with Gasteiger partial charge >= 0.3 is 0 Å². The van der Waals surface area contributed by atoms with Crippen LogP contribution in [0.3, 0.4) is 0 Å². The summed E-state index contributed by atoms with van der Waals surface area (Å²) in [6.45, 7) is 3.87. The first-order valence-corrected chi connectivity index (χ1v) is 6.00. The number of hydrogen-bond acceptors (Lipinski definition) is 5. The Hall–Kier alpha value is -2.16. The molecule has 0 aromatic carbocycles. The van der Waals surface area contributed by atoms with E-state index in [2.05, 4.69) is 15.3 Å². The monoisotopic (exact) mass is 245 g/mol. The fourth-order valence-electron chi connectivity index (χ4n) is 2.13. The van der Waals surface area contributed by atoms with Crippen LogP contribution in [0.5, 0.6) is 0 Å². The molecule has 1 aliphatic heterocycles. The first-order chi connectivity index (χ1) is 8.76. The van der Waals surface area contributed by atoms with E-state index in [9.17, 15) is 4.79 Å². The lowest BCUT2D eigenvalue weighted by molar-refractivity contribution is -0.124. The third-order valence-corrected chi connectivity index (χ3v) is 2.99. The predicted molar refractivity (Wildman–Crippen MR) is 65.8 cm³/mol. The van der Waals surface area contributed by atoms with Crippen LogP contribution in [0.25, 0.3) is 0 Å². The number of anilines is 1. The molecule has 18 heavy (non-hydrogen) atoms. The molecule has 0 aliphatic carbocycles. The predicted octanol–water partition coefficient (Wildman–Crippen LogP) is 0.311. The van der Waals surface area contributed by atoms with Crippen LogP contribution >= 0.6 is 0 Å². The molecule has 1 fully saturated rings. The summed E-state index contributed by atoms with van der Waals surface area (Å²) < 4.78 is 0. The van der Waals surface area contributed by atoms with E-state index in [0.29, 0.717) is 24.6 Å². The molecule has 6 heteroatoms. The summed E-state index contributed by atoms with van der Waals surface area (Å²) in [4.78, 5) is 21.9. The van der Waals surface area contributed by atoms with Crippen molar-refractivity contribution in [1.29, 1.82) is 5.26 Å². The van der Waals surface area contributed by atoms with E-state index < -0.39 is 0 Å². The lowest BCUT2D eigenvalue weighted by Crippen LogP contribution is -2.32. The number of amides is 1. The van der Waals surface area contributed by atoms with Gasteiger partial charge in [-0.3, -0.25) is 4.79 Å². The van der Waals surface area contributed by atoms with Crippen LogP contribution in [0.15, 0.2) is 12.4 Å². The highest BCUT2D eigenvalue weighted by Gasteiger charge is 2.29. The van der Waals surface area contributed by atoms with Gasteiger partial charge < -0.3 is 10.2 Å². The quantitative estimate of drug-likeness (QED) is 0.828. The minimum absolute atomic E-state index is 0.0292. The Morgan fingerprint density at radius 1 is 1.61 bits per heavy atom. The van der Waals surface area contributed by atoms with E-state index in [0.717, 1.165) is 13.0 Å². The fourth-order valence-corrected chi connectivity index (χ4v) is 2.13. The lowest BCUT2D eigenvalue weighted by atomic mass is 10.1. The van der Waals surface area contributed by atoms with Crippen molar-refractivity contribution in [2.24, 2.45) is 5.92 Å². The van der Waals surface area contributed by atoms with E-state index in [1.54, 1.807) is 6.20 Å². The molecule has 0 saturated carbocycles. The second-order valence-corrected chi connectivity index (χ2v) is 4.17. The highest BCUT2D eigenvalue weighted by atomic mass is 16.1. The van der Waals surface area contributed by atoms with E-state index in [1.807, 2.05) is 17.9 Å². The van der Waals surface area contributed by atoms with Crippen LogP contribution < -0.4 is 10.2 Å². The standard InChI is InChI=1S/C12H15N5O/c1-2-14-12(18)9-3-6-17(8-9)11-10(7-13)15-4-5-16-11/h4-5,9H,2-3,6,8H2,1H3,(H,14,18)/t9-/m0/s1. The third kappa shape index (κ3) is 2.40. The molecule has 1 saturated heterocycles. The molecule has 1 aromatic heterocycles. The van der Waals surface area contributed by atoms with Crippen molar-refractivity contribution in [3.05, 3.63) is 18.1 Å². The molecule has 6 nitrogen and oxygen atoms in total. The minimum atomic E-state index is -0.0292. The number of carbonyl (C=O) groups is 1. The summed E-state index contributed by atoms with van der Waals surface area (Å²) >= 11 is 0. The third-order valence-electron chi connectivity index (χ3n) is 2.99. The molecule has 0 unspecified atom stereocenters. The summed E-state index contributed by atoms with van der Waals surface area (Å²) in [6, 6.07) is 2.03. The molecule has 1 aromatic rings. The van der Waals surface area contributed by atoms with Gasteiger partial charge in [0.1, 0.15) is 6.07 Å². The summed E-state index contributed by atoms with van der Waals surface area (Å²) in [5, 5.41) is 11.8. The molecular formula is C12H15N5O. The molecule has 0 bridgehead atoms. The maximum Gasteiger partial charge on any atom is 0.224 e. The van der Waals surface area contributed by atoms with Crippen molar-refractivity contribution < 1.29 is 4.79 Å². The lowest BCUT2D eigenvalue weighted by Gasteiger charge is -2.17. The molecule has 1 amide bonds. The molecule has 1 atom stereocenters. The molecule has 2 rings (SSSR count). The molecule has 2 heterocycles. The van der Waals surface area contributed by atoms with Crippen molar-refractivity contribution in [2.45, 2.75) is 13.3 Å². The van der Waals surface area contributed by atoms with Gasteiger partial charge in [-0.2, -0.15) is 5.26 Å². The van der Waals surface area contributed by atoms with E-state index in [4.69, 9.17) is 5.26 Å². The highest BCUT2D eigenvalue weighted by Crippen LogP contribution is 2.23. The molecular weight excluding hydrogens is 230 g/mol. The second kappa shape index (κ2) is 5.45. The van der Waals surface area contributed by atoms with Crippen molar-refractivity contribution >= 4 is 11.7 Å². The van der Waals surface area contributed by atoms with Gasteiger partial charge in [0.15, 0.2) is 11.5 Å². The first kappa shape index (κ1) is 12.3. The average molecular weight is 245 g/mol. The topological polar surface area (TPSA) is 81.9 Å². The number of nitriles is 1. The van der Waals surface area contributed by atoms with Gasteiger partial charge in [-0.15, -0.1) is 0 Å². The summed E-state index contributed by atoms with van der Waals surface area (Å²) in [5.41, 5.74) is 0.314. The largest absolute Gasteiger partial charge is 0.356 e. The second-order valence-electron chi connectivity index (χ2n) is 4.17. The number of nitrogens with zero attached hydrogens (tertiary/aromatic N) is 4. The Balaban J connectivity index is 2.09. The van der Waals surface area contributed by atoms with Crippen molar-refractivity contribution in [1.82, 2.24) is 15.3 Å².